The van der Waals surface area contributed by atoms with E-state index in [2.05, 4.69) is 15.3 Å². The number of rotatable bonds is 11. The quantitative estimate of drug-likeness (QED) is 0.316. The van der Waals surface area contributed by atoms with Crippen LogP contribution in [-0.4, -0.2) is 56.5 Å². The van der Waals surface area contributed by atoms with E-state index in [1.165, 1.54) is 7.11 Å². The SMILES string of the molecule is COc1ccc2nnn(CC[C@H](C(=O)O)[C@H](O)CCc3ccc(-c4ccc(OC)nc4)cc3)c(=O)c2c1. The summed E-state index contributed by atoms with van der Waals surface area (Å²) in [6.45, 7) is 0.0115. The van der Waals surface area contributed by atoms with Crippen LogP contribution in [0.25, 0.3) is 22.0 Å². The summed E-state index contributed by atoms with van der Waals surface area (Å²) in [5.41, 5.74) is 2.94. The number of aliphatic hydroxyl groups excluding tert-OH is 1. The predicted molar refractivity (Wildman–Crippen MR) is 137 cm³/mol. The number of aryl methyl sites for hydroxylation is 2. The van der Waals surface area contributed by atoms with Gasteiger partial charge in [0.1, 0.15) is 11.3 Å². The Hall–Kier alpha value is -4.31. The van der Waals surface area contributed by atoms with Gasteiger partial charge in [-0.1, -0.05) is 29.5 Å². The molecule has 4 rings (SSSR count). The topological polar surface area (TPSA) is 137 Å². The van der Waals surface area contributed by atoms with Crippen molar-refractivity contribution in [3.05, 3.63) is 76.7 Å². The molecule has 2 N–H and O–H groups in total. The number of carboxylic acids is 1. The molecule has 37 heavy (non-hydrogen) atoms. The molecule has 2 heterocycles. The van der Waals surface area contributed by atoms with Crippen molar-refractivity contribution >= 4 is 16.9 Å². The Kier molecular flexibility index (Phi) is 8.09. The third-order valence-corrected chi connectivity index (χ3v) is 6.32. The van der Waals surface area contributed by atoms with Crippen LogP contribution in [0.1, 0.15) is 18.4 Å². The Bertz CT molecular complexity index is 1420. The summed E-state index contributed by atoms with van der Waals surface area (Å²) >= 11 is 0. The van der Waals surface area contributed by atoms with Crippen LogP contribution in [0.3, 0.4) is 0 Å². The number of aliphatic hydroxyl groups is 1. The highest BCUT2D eigenvalue weighted by atomic mass is 16.5. The maximum absolute atomic E-state index is 12.8. The van der Waals surface area contributed by atoms with Crippen molar-refractivity contribution in [3.63, 3.8) is 0 Å². The molecule has 2 aromatic heterocycles. The number of aromatic nitrogens is 4. The monoisotopic (exact) mass is 504 g/mol. The van der Waals surface area contributed by atoms with E-state index < -0.39 is 23.6 Å². The number of benzene rings is 2. The van der Waals surface area contributed by atoms with E-state index in [0.717, 1.165) is 21.4 Å². The lowest BCUT2D eigenvalue weighted by Gasteiger charge is -2.19. The van der Waals surface area contributed by atoms with Gasteiger partial charge in [-0.15, -0.1) is 5.10 Å². The van der Waals surface area contributed by atoms with Crippen LogP contribution < -0.4 is 15.0 Å². The molecule has 0 aliphatic heterocycles. The first-order valence-corrected chi connectivity index (χ1v) is 11.8. The average Bonchev–Trinajstić information content (AvgIpc) is 2.93. The number of nitrogens with zero attached hydrogens (tertiary/aromatic N) is 4. The van der Waals surface area contributed by atoms with Gasteiger partial charge in [0.25, 0.3) is 5.56 Å². The highest BCUT2D eigenvalue weighted by Gasteiger charge is 2.26. The molecular formula is C27H28N4O6. The van der Waals surface area contributed by atoms with Crippen LogP contribution >= 0.6 is 0 Å². The molecular weight excluding hydrogens is 476 g/mol. The fourth-order valence-electron chi connectivity index (χ4n) is 4.12. The van der Waals surface area contributed by atoms with Crippen LogP contribution in [0.2, 0.25) is 0 Å². The van der Waals surface area contributed by atoms with Crippen molar-refractivity contribution in [1.82, 2.24) is 20.0 Å². The number of pyridine rings is 1. The summed E-state index contributed by atoms with van der Waals surface area (Å²) < 4.78 is 11.4. The first-order valence-electron chi connectivity index (χ1n) is 11.8. The van der Waals surface area contributed by atoms with E-state index in [9.17, 15) is 19.8 Å². The lowest BCUT2D eigenvalue weighted by molar-refractivity contribution is -0.146. The fraction of sp³-hybridized carbons (Fsp3) is 0.296. The highest BCUT2D eigenvalue weighted by molar-refractivity contribution is 5.78. The van der Waals surface area contributed by atoms with Crippen LogP contribution in [-0.2, 0) is 17.8 Å². The molecule has 0 aliphatic carbocycles. The second-order valence-corrected chi connectivity index (χ2v) is 8.63. The summed E-state index contributed by atoms with van der Waals surface area (Å²) in [5, 5.41) is 28.7. The Morgan fingerprint density at radius 2 is 1.76 bits per heavy atom. The molecule has 0 spiro atoms. The van der Waals surface area contributed by atoms with E-state index >= 15 is 0 Å². The largest absolute Gasteiger partial charge is 0.497 e. The van der Waals surface area contributed by atoms with E-state index in [1.54, 1.807) is 37.6 Å². The van der Waals surface area contributed by atoms with E-state index in [-0.39, 0.29) is 19.4 Å². The third kappa shape index (κ3) is 6.10. The fourth-order valence-corrected chi connectivity index (χ4v) is 4.12. The van der Waals surface area contributed by atoms with Crippen molar-refractivity contribution in [2.45, 2.75) is 31.9 Å². The maximum atomic E-state index is 12.8. The normalized spacial score (nSPS) is 12.7. The van der Waals surface area contributed by atoms with Gasteiger partial charge in [-0.05, 0) is 54.7 Å². The van der Waals surface area contributed by atoms with Crippen molar-refractivity contribution in [1.29, 1.82) is 0 Å². The summed E-state index contributed by atoms with van der Waals surface area (Å²) in [5.74, 6) is -1.13. The van der Waals surface area contributed by atoms with Gasteiger partial charge in [-0.3, -0.25) is 9.59 Å². The lowest BCUT2D eigenvalue weighted by atomic mass is 9.93. The lowest BCUT2D eigenvalue weighted by Crippen LogP contribution is -2.32. The van der Waals surface area contributed by atoms with Crippen LogP contribution in [0.5, 0.6) is 11.6 Å². The van der Waals surface area contributed by atoms with Gasteiger partial charge < -0.3 is 19.7 Å². The highest BCUT2D eigenvalue weighted by Crippen LogP contribution is 2.22. The van der Waals surface area contributed by atoms with E-state index in [4.69, 9.17) is 9.47 Å². The molecule has 2 aromatic carbocycles. The van der Waals surface area contributed by atoms with E-state index in [0.29, 0.717) is 29.0 Å². The number of aliphatic carboxylic acids is 1. The Balaban J connectivity index is 1.38. The first-order chi connectivity index (χ1) is 17.9. The molecule has 0 amide bonds. The molecule has 0 fully saturated rings. The number of carbonyl (C=O) groups is 1. The second kappa shape index (κ2) is 11.6. The number of hydrogen-bond acceptors (Lipinski definition) is 8. The molecule has 0 unspecified atom stereocenters. The minimum Gasteiger partial charge on any atom is -0.497 e. The zero-order chi connectivity index (χ0) is 26.4. The van der Waals surface area contributed by atoms with Crippen molar-refractivity contribution in [3.8, 4) is 22.8 Å². The van der Waals surface area contributed by atoms with Gasteiger partial charge in [-0.2, -0.15) is 0 Å². The molecule has 0 aliphatic rings. The summed E-state index contributed by atoms with van der Waals surface area (Å²) in [7, 11) is 3.06. The molecule has 10 heteroatoms. The van der Waals surface area contributed by atoms with Crippen LogP contribution in [0, 0.1) is 5.92 Å². The maximum Gasteiger partial charge on any atom is 0.309 e. The first kappa shape index (κ1) is 25.8. The molecule has 2 atom stereocenters. The number of carboxylic acid groups (broad SMARTS) is 1. The molecule has 0 radical (unpaired) electrons. The predicted octanol–water partition coefficient (Wildman–Crippen LogP) is 2.96. The average molecular weight is 505 g/mol. The molecule has 10 nitrogen and oxygen atoms in total. The molecule has 0 saturated heterocycles. The zero-order valence-corrected chi connectivity index (χ0v) is 20.6. The Labute approximate surface area is 213 Å². The number of methoxy groups -OCH3 is 2. The van der Waals surface area contributed by atoms with Crippen molar-refractivity contribution < 1.29 is 24.5 Å². The van der Waals surface area contributed by atoms with Crippen molar-refractivity contribution in [2.75, 3.05) is 14.2 Å². The number of hydrogen-bond donors (Lipinski definition) is 2. The van der Waals surface area contributed by atoms with Gasteiger partial charge >= 0.3 is 5.97 Å². The molecule has 4 aromatic rings. The minimum absolute atomic E-state index is 0.0115. The van der Waals surface area contributed by atoms with Crippen LogP contribution in [0.4, 0.5) is 0 Å². The summed E-state index contributed by atoms with van der Waals surface area (Å²) in [4.78, 5) is 28.9. The molecule has 192 valence electrons. The van der Waals surface area contributed by atoms with Gasteiger partial charge in [-0.25, -0.2) is 9.67 Å². The summed E-state index contributed by atoms with van der Waals surface area (Å²) in [6, 6.07) is 16.4. The Morgan fingerprint density at radius 1 is 1.00 bits per heavy atom. The Morgan fingerprint density at radius 3 is 2.41 bits per heavy atom. The van der Waals surface area contributed by atoms with E-state index in [1.807, 2.05) is 30.3 Å². The van der Waals surface area contributed by atoms with Gasteiger partial charge in [0, 0.05) is 24.4 Å². The van der Waals surface area contributed by atoms with Gasteiger partial charge in [0.2, 0.25) is 5.88 Å². The third-order valence-electron chi connectivity index (χ3n) is 6.32. The standard InChI is InChI=1S/C27H28N4O6/c1-36-20-9-10-23-22(15-20)26(33)31(30-29-23)14-13-21(27(34)35)24(32)11-5-17-3-6-18(7-4-17)19-8-12-25(37-2)28-16-19/h3-4,6-10,12,15-16,21,24,32H,5,11,13-14H2,1-2H3,(H,34,35)/t21-,24+/m0/s1. The smallest absolute Gasteiger partial charge is 0.309 e. The zero-order valence-electron chi connectivity index (χ0n) is 20.6. The second-order valence-electron chi connectivity index (χ2n) is 8.63. The molecule has 0 saturated carbocycles. The van der Waals surface area contributed by atoms with Gasteiger partial charge in [0.15, 0.2) is 0 Å². The minimum atomic E-state index is -1.13. The van der Waals surface area contributed by atoms with Crippen LogP contribution in [0.15, 0.2) is 65.6 Å². The molecule has 0 bridgehead atoms. The van der Waals surface area contributed by atoms with Gasteiger partial charge in [0.05, 0.1) is 31.6 Å². The number of fused-ring (bicyclic) bond motifs is 1. The van der Waals surface area contributed by atoms with Crippen molar-refractivity contribution in [2.24, 2.45) is 5.92 Å². The summed E-state index contributed by atoms with van der Waals surface area (Å²) in [6.07, 6.45) is 1.44. The number of ether oxygens (including phenoxy) is 2.